The molecule has 0 radical (unpaired) electrons. The van der Waals surface area contributed by atoms with Crippen molar-refractivity contribution in [2.24, 2.45) is 5.92 Å². The highest BCUT2D eigenvalue weighted by atomic mass is 16.4. The quantitative estimate of drug-likeness (QED) is 0.678. The highest BCUT2D eigenvalue weighted by Crippen LogP contribution is 2.10. The Morgan fingerprint density at radius 1 is 1.56 bits per heavy atom. The van der Waals surface area contributed by atoms with Gasteiger partial charge in [-0.15, -0.1) is 0 Å². The number of hydrogen-bond donors (Lipinski definition) is 3. The number of aromatic carboxylic acids is 1. The minimum Gasteiger partial charge on any atom is -0.478 e. The van der Waals surface area contributed by atoms with Gasteiger partial charge in [-0.1, -0.05) is 13.3 Å². The molecule has 1 aromatic heterocycles. The third kappa shape index (κ3) is 3.96. The number of aryl methyl sites for hydroxylation is 1. The second kappa shape index (κ2) is 6.90. The summed E-state index contributed by atoms with van der Waals surface area (Å²) >= 11 is 0. The molecule has 0 aliphatic rings. The largest absolute Gasteiger partial charge is 0.478 e. The molecule has 1 unspecified atom stereocenters. The van der Waals surface area contributed by atoms with E-state index >= 15 is 0 Å². The molecular weight excluding hydrogens is 234 g/mol. The lowest BCUT2D eigenvalue weighted by Gasteiger charge is -2.14. The zero-order valence-corrected chi connectivity index (χ0v) is 10.7. The van der Waals surface area contributed by atoms with E-state index in [2.05, 4.69) is 22.2 Å². The van der Waals surface area contributed by atoms with E-state index in [0.717, 1.165) is 12.8 Å². The van der Waals surface area contributed by atoms with Crippen LogP contribution in [0.25, 0.3) is 0 Å². The minimum atomic E-state index is -1.02. The van der Waals surface area contributed by atoms with Crippen molar-refractivity contribution in [3.05, 3.63) is 17.5 Å². The Kier molecular flexibility index (Phi) is 5.51. The molecule has 0 aromatic carbocycles. The normalized spacial score (nSPS) is 12.2. The van der Waals surface area contributed by atoms with Crippen LogP contribution >= 0.6 is 0 Å². The summed E-state index contributed by atoms with van der Waals surface area (Å²) in [6.45, 7) is 4.53. The maximum Gasteiger partial charge on any atom is 0.339 e. The van der Waals surface area contributed by atoms with E-state index in [9.17, 15) is 4.79 Å². The Bertz CT molecular complexity index is 410. The van der Waals surface area contributed by atoms with Gasteiger partial charge in [-0.25, -0.2) is 14.8 Å². The lowest BCUT2D eigenvalue weighted by atomic mass is 10.0. The van der Waals surface area contributed by atoms with Gasteiger partial charge in [0.1, 0.15) is 0 Å². The Morgan fingerprint density at radius 3 is 2.78 bits per heavy atom. The van der Waals surface area contributed by atoms with Gasteiger partial charge in [0, 0.05) is 19.3 Å². The van der Waals surface area contributed by atoms with Crippen molar-refractivity contribution >= 4 is 11.9 Å². The molecule has 6 nitrogen and oxygen atoms in total. The first-order valence-electron chi connectivity index (χ1n) is 6.00. The molecule has 0 bridgehead atoms. The number of aromatic nitrogens is 2. The topological polar surface area (TPSA) is 95.3 Å². The molecule has 0 aliphatic heterocycles. The van der Waals surface area contributed by atoms with Crippen LogP contribution in [0.5, 0.6) is 0 Å². The number of carboxylic acids is 1. The highest BCUT2D eigenvalue weighted by molar-refractivity contribution is 5.88. The number of aliphatic hydroxyl groups is 1. The van der Waals surface area contributed by atoms with E-state index in [1.165, 1.54) is 6.20 Å². The van der Waals surface area contributed by atoms with Gasteiger partial charge >= 0.3 is 5.97 Å². The molecule has 0 saturated heterocycles. The fourth-order valence-electron chi connectivity index (χ4n) is 1.63. The van der Waals surface area contributed by atoms with Gasteiger partial charge in [0.05, 0.1) is 11.3 Å². The van der Waals surface area contributed by atoms with E-state index in [-0.39, 0.29) is 12.2 Å². The van der Waals surface area contributed by atoms with Crippen LogP contribution in [0.3, 0.4) is 0 Å². The molecule has 0 aliphatic carbocycles. The molecule has 18 heavy (non-hydrogen) atoms. The van der Waals surface area contributed by atoms with Crippen molar-refractivity contribution in [3.63, 3.8) is 0 Å². The Morgan fingerprint density at radius 2 is 2.28 bits per heavy atom. The average Bonchev–Trinajstić information content (AvgIpc) is 2.34. The summed E-state index contributed by atoms with van der Waals surface area (Å²) < 4.78 is 0. The van der Waals surface area contributed by atoms with Crippen molar-refractivity contribution in [1.82, 2.24) is 9.97 Å². The number of nitrogens with one attached hydrogen (secondary N) is 1. The first-order chi connectivity index (χ1) is 8.58. The number of anilines is 1. The van der Waals surface area contributed by atoms with Gasteiger partial charge < -0.3 is 15.5 Å². The van der Waals surface area contributed by atoms with E-state index in [4.69, 9.17) is 10.2 Å². The number of rotatable bonds is 7. The van der Waals surface area contributed by atoms with Crippen LogP contribution in [0.15, 0.2) is 6.20 Å². The smallest absolute Gasteiger partial charge is 0.339 e. The molecule has 6 heteroatoms. The second-order valence-electron chi connectivity index (χ2n) is 4.17. The van der Waals surface area contributed by atoms with Gasteiger partial charge in [-0.2, -0.15) is 0 Å². The number of hydrogen-bond acceptors (Lipinski definition) is 5. The first-order valence-corrected chi connectivity index (χ1v) is 6.00. The number of carbonyl (C=O) groups is 1. The third-order valence-corrected chi connectivity index (χ3v) is 2.87. The lowest BCUT2D eigenvalue weighted by molar-refractivity contribution is 0.0695. The summed E-state index contributed by atoms with van der Waals surface area (Å²) in [5.74, 6) is -0.238. The van der Waals surface area contributed by atoms with Gasteiger partial charge in [0.25, 0.3) is 0 Å². The minimum absolute atomic E-state index is 0.114. The molecule has 1 heterocycles. The standard InChI is InChI=1S/C12H19N3O3/c1-3-9(4-5-16)6-13-12-14-7-10(11(17)18)8(2)15-12/h7,9,16H,3-6H2,1-2H3,(H,17,18)(H,13,14,15). The molecule has 100 valence electrons. The van der Waals surface area contributed by atoms with E-state index < -0.39 is 5.97 Å². The molecule has 0 spiro atoms. The number of nitrogens with zero attached hydrogens (tertiary/aromatic N) is 2. The van der Waals surface area contributed by atoms with Crippen molar-refractivity contribution in [2.75, 3.05) is 18.5 Å². The summed E-state index contributed by atoms with van der Waals surface area (Å²) in [7, 11) is 0. The van der Waals surface area contributed by atoms with Crippen LogP contribution < -0.4 is 5.32 Å². The molecule has 0 saturated carbocycles. The number of carboxylic acid groups (broad SMARTS) is 1. The molecule has 1 aromatic rings. The molecule has 1 rings (SSSR count). The fraction of sp³-hybridized carbons (Fsp3) is 0.583. The third-order valence-electron chi connectivity index (χ3n) is 2.87. The zero-order valence-electron chi connectivity index (χ0n) is 10.7. The summed E-state index contributed by atoms with van der Waals surface area (Å²) in [4.78, 5) is 18.9. The van der Waals surface area contributed by atoms with Crippen LogP contribution in [0.1, 0.15) is 35.8 Å². The van der Waals surface area contributed by atoms with Crippen LogP contribution in [0, 0.1) is 12.8 Å². The van der Waals surface area contributed by atoms with Gasteiger partial charge in [0.15, 0.2) is 0 Å². The van der Waals surface area contributed by atoms with Crippen molar-refractivity contribution in [1.29, 1.82) is 0 Å². The highest BCUT2D eigenvalue weighted by Gasteiger charge is 2.11. The van der Waals surface area contributed by atoms with Gasteiger partial charge in [0.2, 0.25) is 5.95 Å². The van der Waals surface area contributed by atoms with Crippen LogP contribution in [0.2, 0.25) is 0 Å². The first kappa shape index (κ1) is 14.4. The molecule has 1 atom stereocenters. The Labute approximate surface area is 106 Å². The monoisotopic (exact) mass is 253 g/mol. The Hall–Kier alpha value is -1.69. The Balaban J connectivity index is 2.63. The van der Waals surface area contributed by atoms with E-state index in [0.29, 0.717) is 24.1 Å². The predicted molar refractivity (Wildman–Crippen MR) is 67.7 cm³/mol. The molecule has 0 fully saturated rings. The fourth-order valence-corrected chi connectivity index (χ4v) is 1.63. The van der Waals surface area contributed by atoms with Gasteiger partial charge in [-0.05, 0) is 19.3 Å². The van der Waals surface area contributed by atoms with E-state index in [1.54, 1.807) is 6.92 Å². The lowest BCUT2D eigenvalue weighted by Crippen LogP contribution is -2.17. The van der Waals surface area contributed by atoms with Crippen molar-refractivity contribution < 1.29 is 15.0 Å². The summed E-state index contributed by atoms with van der Waals surface area (Å²) in [6.07, 6.45) is 3.00. The summed E-state index contributed by atoms with van der Waals surface area (Å²) in [5, 5.41) is 20.8. The summed E-state index contributed by atoms with van der Waals surface area (Å²) in [5.41, 5.74) is 0.554. The van der Waals surface area contributed by atoms with Crippen LogP contribution in [-0.4, -0.2) is 39.3 Å². The second-order valence-corrected chi connectivity index (χ2v) is 4.17. The van der Waals surface area contributed by atoms with E-state index in [1.807, 2.05) is 0 Å². The maximum atomic E-state index is 10.8. The summed E-state index contributed by atoms with van der Waals surface area (Å²) in [6, 6.07) is 0. The molecule has 0 amide bonds. The average molecular weight is 253 g/mol. The maximum absolute atomic E-state index is 10.8. The van der Waals surface area contributed by atoms with Crippen molar-refractivity contribution in [2.45, 2.75) is 26.7 Å². The predicted octanol–water partition coefficient (Wildman–Crippen LogP) is 1.30. The van der Waals surface area contributed by atoms with Crippen LogP contribution in [-0.2, 0) is 0 Å². The number of aliphatic hydroxyl groups excluding tert-OH is 1. The molecular formula is C12H19N3O3. The van der Waals surface area contributed by atoms with Crippen molar-refractivity contribution in [3.8, 4) is 0 Å². The SMILES string of the molecule is CCC(CCO)CNc1ncc(C(=O)O)c(C)n1. The van der Waals surface area contributed by atoms with Crippen LogP contribution in [0.4, 0.5) is 5.95 Å². The zero-order chi connectivity index (χ0) is 13.5. The van der Waals surface area contributed by atoms with Gasteiger partial charge in [-0.3, -0.25) is 0 Å². The molecule has 3 N–H and O–H groups in total.